The summed E-state index contributed by atoms with van der Waals surface area (Å²) >= 11 is 0. The zero-order chi connectivity index (χ0) is 16.1. The second-order valence-corrected chi connectivity index (χ2v) is 5.52. The minimum absolute atomic E-state index is 0.193. The van der Waals surface area contributed by atoms with Gasteiger partial charge in [-0.25, -0.2) is 9.97 Å². The Morgan fingerprint density at radius 3 is 2.91 bits per heavy atom. The van der Waals surface area contributed by atoms with Crippen molar-refractivity contribution in [2.75, 3.05) is 19.0 Å². The molecule has 0 radical (unpaired) electrons. The first-order valence-electron chi connectivity index (χ1n) is 7.75. The zero-order valence-electron chi connectivity index (χ0n) is 13.1. The van der Waals surface area contributed by atoms with Crippen LogP contribution >= 0.6 is 0 Å². The van der Waals surface area contributed by atoms with Crippen LogP contribution in [0.5, 0.6) is 5.75 Å². The third kappa shape index (κ3) is 4.18. The summed E-state index contributed by atoms with van der Waals surface area (Å²) in [6.07, 6.45) is 4.43. The van der Waals surface area contributed by atoms with Crippen LogP contribution in [0.15, 0.2) is 36.7 Å². The van der Waals surface area contributed by atoms with Gasteiger partial charge < -0.3 is 15.4 Å². The van der Waals surface area contributed by atoms with Crippen LogP contribution in [0.3, 0.4) is 0 Å². The first-order valence-corrected chi connectivity index (χ1v) is 7.75. The highest BCUT2D eigenvalue weighted by Gasteiger charge is 2.21. The molecule has 0 bridgehead atoms. The fourth-order valence-corrected chi connectivity index (χ4v) is 2.31. The van der Waals surface area contributed by atoms with Crippen LogP contribution in [0, 0.1) is 0 Å². The molecule has 1 aliphatic rings. The standard InChI is InChI=1S/C17H20N4O2/c1-23-15-5-3-2-4-12(15)8-9-18-17(22)14-10-16(20-11-19-14)21-13-6-7-13/h2-5,10-11,13H,6-9H2,1H3,(H,18,22)(H,19,20,21). The predicted molar refractivity (Wildman–Crippen MR) is 87.7 cm³/mol. The van der Waals surface area contributed by atoms with Gasteiger partial charge in [-0.05, 0) is 30.9 Å². The van der Waals surface area contributed by atoms with Gasteiger partial charge in [-0.2, -0.15) is 0 Å². The number of methoxy groups -OCH3 is 1. The number of hydrogen-bond acceptors (Lipinski definition) is 5. The number of benzene rings is 1. The first kappa shape index (κ1) is 15.3. The predicted octanol–water partition coefficient (Wildman–Crippen LogP) is 2.03. The molecule has 0 aliphatic heterocycles. The van der Waals surface area contributed by atoms with E-state index < -0.39 is 0 Å². The van der Waals surface area contributed by atoms with Crippen molar-refractivity contribution < 1.29 is 9.53 Å². The number of nitrogens with one attached hydrogen (secondary N) is 2. The number of para-hydroxylation sites is 1. The Labute approximate surface area is 135 Å². The molecule has 0 unspecified atom stereocenters. The van der Waals surface area contributed by atoms with Gasteiger partial charge in [-0.3, -0.25) is 4.79 Å². The molecule has 6 nitrogen and oxygen atoms in total. The van der Waals surface area contributed by atoms with Crippen molar-refractivity contribution in [1.82, 2.24) is 15.3 Å². The highest BCUT2D eigenvalue weighted by molar-refractivity contribution is 5.92. The Morgan fingerprint density at radius 2 is 2.13 bits per heavy atom. The van der Waals surface area contributed by atoms with Crippen LogP contribution in [-0.2, 0) is 6.42 Å². The molecule has 3 rings (SSSR count). The second-order valence-electron chi connectivity index (χ2n) is 5.52. The summed E-state index contributed by atoms with van der Waals surface area (Å²) in [5, 5.41) is 6.14. The van der Waals surface area contributed by atoms with E-state index in [9.17, 15) is 4.79 Å². The van der Waals surface area contributed by atoms with Crippen molar-refractivity contribution in [3.05, 3.63) is 47.9 Å². The van der Waals surface area contributed by atoms with E-state index in [-0.39, 0.29) is 5.91 Å². The van der Waals surface area contributed by atoms with Crippen molar-refractivity contribution in [3.63, 3.8) is 0 Å². The number of anilines is 1. The highest BCUT2D eigenvalue weighted by Crippen LogP contribution is 2.23. The summed E-state index contributed by atoms with van der Waals surface area (Å²) < 4.78 is 5.30. The molecule has 1 saturated carbocycles. The molecular formula is C17H20N4O2. The molecule has 1 aliphatic carbocycles. The normalized spacial score (nSPS) is 13.4. The monoisotopic (exact) mass is 312 g/mol. The van der Waals surface area contributed by atoms with Crippen LogP contribution in [0.4, 0.5) is 5.82 Å². The Balaban J connectivity index is 1.54. The molecule has 0 atom stereocenters. The van der Waals surface area contributed by atoms with Gasteiger partial charge >= 0.3 is 0 Å². The molecule has 1 amide bonds. The van der Waals surface area contributed by atoms with Gasteiger partial charge in [-0.1, -0.05) is 18.2 Å². The molecule has 2 aromatic rings. The Kier molecular flexibility index (Phi) is 4.71. The van der Waals surface area contributed by atoms with Crippen LogP contribution in [0.1, 0.15) is 28.9 Å². The number of ether oxygens (including phenoxy) is 1. The van der Waals surface area contributed by atoms with E-state index in [1.54, 1.807) is 13.2 Å². The lowest BCUT2D eigenvalue weighted by Crippen LogP contribution is -2.26. The van der Waals surface area contributed by atoms with Gasteiger partial charge in [-0.15, -0.1) is 0 Å². The van der Waals surface area contributed by atoms with Gasteiger partial charge in [0.1, 0.15) is 23.6 Å². The average molecular weight is 312 g/mol. The van der Waals surface area contributed by atoms with E-state index in [4.69, 9.17) is 4.74 Å². The quantitative estimate of drug-likeness (QED) is 0.818. The first-order chi connectivity index (χ1) is 11.3. The van der Waals surface area contributed by atoms with E-state index in [1.807, 2.05) is 24.3 Å². The molecule has 1 fully saturated rings. The summed E-state index contributed by atoms with van der Waals surface area (Å²) in [6.45, 7) is 0.522. The van der Waals surface area contributed by atoms with Gasteiger partial charge in [0.15, 0.2) is 0 Å². The number of rotatable bonds is 7. The molecule has 1 aromatic carbocycles. The number of amides is 1. The molecular weight excluding hydrogens is 292 g/mol. The van der Waals surface area contributed by atoms with Gasteiger partial charge in [0.2, 0.25) is 0 Å². The van der Waals surface area contributed by atoms with Crippen molar-refractivity contribution in [1.29, 1.82) is 0 Å². The summed E-state index contributed by atoms with van der Waals surface area (Å²) in [6, 6.07) is 9.98. The van der Waals surface area contributed by atoms with Crippen molar-refractivity contribution in [2.45, 2.75) is 25.3 Å². The minimum Gasteiger partial charge on any atom is -0.496 e. The van der Waals surface area contributed by atoms with E-state index >= 15 is 0 Å². The van der Waals surface area contributed by atoms with Crippen LogP contribution in [-0.4, -0.2) is 35.6 Å². The lowest BCUT2D eigenvalue weighted by atomic mass is 10.1. The zero-order valence-corrected chi connectivity index (χ0v) is 13.1. The molecule has 0 saturated heterocycles. The molecule has 0 spiro atoms. The summed E-state index contributed by atoms with van der Waals surface area (Å²) in [4.78, 5) is 20.4. The topological polar surface area (TPSA) is 76.1 Å². The van der Waals surface area contributed by atoms with Crippen LogP contribution in [0.25, 0.3) is 0 Å². The average Bonchev–Trinajstić information content (AvgIpc) is 3.39. The van der Waals surface area contributed by atoms with Crippen LogP contribution < -0.4 is 15.4 Å². The summed E-state index contributed by atoms with van der Waals surface area (Å²) in [5.74, 6) is 1.35. The van der Waals surface area contributed by atoms with E-state index in [0.717, 1.165) is 24.2 Å². The van der Waals surface area contributed by atoms with E-state index in [1.165, 1.54) is 6.33 Å². The lowest BCUT2D eigenvalue weighted by Gasteiger charge is -2.09. The Bertz CT molecular complexity index is 686. The Morgan fingerprint density at radius 1 is 1.30 bits per heavy atom. The van der Waals surface area contributed by atoms with Crippen molar-refractivity contribution >= 4 is 11.7 Å². The molecule has 23 heavy (non-hydrogen) atoms. The fourth-order valence-electron chi connectivity index (χ4n) is 2.31. The van der Waals surface area contributed by atoms with Crippen molar-refractivity contribution in [3.8, 4) is 5.75 Å². The maximum absolute atomic E-state index is 12.2. The third-order valence-corrected chi connectivity index (χ3v) is 3.70. The van der Waals surface area contributed by atoms with Gasteiger partial charge in [0.05, 0.1) is 7.11 Å². The second kappa shape index (κ2) is 7.09. The molecule has 6 heteroatoms. The fraction of sp³-hybridized carbons (Fsp3) is 0.353. The number of carbonyl (C=O) groups is 1. The van der Waals surface area contributed by atoms with Crippen LogP contribution in [0.2, 0.25) is 0 Å². The largest absolute Gasteiger partial charge is 0.496 e. The lowest BCUT2D eigenvalue weighted by molar-refractivity contribution is 0.0949. The van der Waals surface area contributed by atoms with Crippen molar-refractivity contribution in [2.24, 2.45) is 0 Å². The van der Waals surface area contributed by atoms with E-state index in [0.29, 0.717) is 30.5 Å². The maximum Gasteiger partial charge on any atom is 0.270 e. The Hall–Kier alpha value is -2.63. The smallest absolute Gasteiger partial charge is 0.270 e. The number of carbonyl (C=O) groups excluding carboxylic acids is 1. The van der Waals surface area contributed by atoms with E-state index in [2.05, 4.69) is 20.6 Å². The van der Waals surface area contributed by atoms with Gasteiger partial charge in [0.25, 0.3) is 5.91 Å². The maximum atomic E-state index is 12.2. The van der Waals surface area contributed by atoms with Gasteiger partial charge in [0, 0.05) is 18.7 Å². The number of aromatic nitrogens is 2. The SMILES string of the molecule is COc1ccccc1CCNC(=O)c1cc(NC2CC2)ncn1. The molecule has 1 aromatic heterocycles. The molecule has 120 valence electrons. The molecule has 1 heterocycles. The summed E-state index contributed by atoms with van der Waals surface area (Å²) in [7, 11) is 1.65. The highest BCUT2D eigenvalue weighted by atomic mass is 16.5. The minimum atomic E-state index is -0.193. The third-order valence-electron chi connectivity index (χ3n) is 3.70. The molecule has 2 N–H and O–H groups in total. The summed E-state index contributed by atoms with van der Waals surface area (Å²) in [5.41, 5.74) is 1.44. The number of nitrogens with zero attached hydrogens (tertiary/aromatic N) is 2. The number of hydrogen-bond donors (Lipinski definition) is 2.